The Morgan fingerprint density at radius 2 is 1.94 bits per heavy atom. The standard InChI is InChI=1S/C24H32N4O4S/c1-2-10-28-22(17-25-24(28)33(30,31)19-20-6-4-3-5-7-20)18-27(23(29)21-8-9-21)12-11-26-13-15-32-16-14-26/h2-7,17,21H,1,8-16,18-19H2. The van der Waals surface area contributed by atoms with Gasteiger partial charge in [-0.15, -0.1) is 6.58 Å². The third kappa shape index (κ3) is 6.10. The van der Waals surface area contributed by atoms with Gasteiger partial charge in [0.2, 0.25) is 20.9 Å². The van der Waals surface area contributed by atoms with Crippen molar-refractivity contribution in [3.8, 4) is 0 Å². The van der Waals surface area contributed by atoms with Crippen LogP contribution in [0, 0.1) is 5.92 Å². The lowest BCUT2D eigenvalue weighted by Crippen LogP contribution is -2.43. The maximum Gasteiger partial charge on any atom is 0.228 e. The maximum absolute atomic E-state index is 13.2. The Balaban J connectivity index is 1.53. The van der Waals surface area contributed by atoms with Gasteiger partial charge in [-0.1, -0.05) is 36.4 Å². The average Bonchev–Trinajstić information content (AvgIpc) is 3.59. The number of allylic oxidation sites excluding steroid dienone is 1. The molecule has 2 fully saturated rings. The van der Waals surface area contributed by atoms with Crippen LogP contribution in [0.1, 0.15) is 24.1 Å². The second-order valence-corrected chi connectivity index (χ2v) is 10.5. The van der Waals surface area contributed by atoms with Crippen molar-refractivity contribution in [2.45, 2.75) is 36.8 Å². The number of benzene rings is 1. The molecule has 178 valence electrons. The second-order valence-electron chi connectivity index (χ2n) is 8.66. The fourth-order valence-corrected chi connectivity index (χ4v) is 5.59. The van der Waals surface area contributed by atoms with E-state index in [1.54, 1.807) is 29.0 Å². The van der Waals surface area contributed by atoms with Crippen LogP contribution in [0.3, 0.4) is 0 Å². The average molecular weight is 473 g/mol. The predicted octanol–water partition coefficient (Wildman–Crippen LogP) is 2.11. The van der Waals surface area contributed by atoms with Crippen LogP contribution in [0.4, 0.5) is 0 Å². The number of rotatable bonds is 11. The maximum atomic E-state index is 13.2. The molecule has 1 saturated carbocycles. The summed E-state index contributed by atoms with van der Waals surface area (Å²) < 4.78 is 33.4. The van der Waals surface area contributed by atoms with Crippen LogP contribution in [-0.2, 0) is 38.2 Å². The SMILES string of the molecule is C=CCn1c(CN(CCN2CCOCC2)C(=O)C2CC2)cnc1S(=O)(=O)Cc1ccccc1. The molecule has 2 aliphatic rings. The predicted molar refractivity (Wildman–Crippen MR) is 125 cm³/mol. The van der Waals surface area contributed by atoms with Gasteiger partial charge in [0.15, 0.2) is 0 Å². The molecule has 0 N–H and O–H groups in total. The molecular weight excluding hydrogens is 440 g/mol. The van der Waals surface area contributed by atoms with E-state index in [0.29, 0.717) is 44.1 Å². The molecule has 8 nitrogen and oxygen atoms in total. The highest BCUT2D eigenvalue weighted by Crippen LogP contribution is 2.31. The zero-order valence-electron chi connectivity index (χ0n) is 18.9. The molecule has 4 rings (SSSR count). The number of aromatic nitrogens is 2. The second kappa shape index (κ2) is 10.6. The monoisotopic (exact) mass is 472 g/mol. The summed E-state index contributed by atoms with van der Waals surface area (Å²) in [6.07, 6.45) is 5.10. The summed E-state index contributed by atoms with van der Waals surface area (Å²) in [5.41, 5.74) is 1.42. The Morgan fingerprint density at radius 3 is 2.61 bits per heavy atom. The number of carbonyl (C=O) groups excluding carboxylic acids is 1. The van der Waals surface area contributed by atoms with Gasteiger partial charge in [-0.2, -0.15) is 0 Å². The van der Waals surface area contributed by atoms with Crippen molar-refractivity contribution >= 4 is 15.7 Å². The van der Waals surface area contributed by atoms with Gasteiger partial charge in [0.1, 0.15) is 0 Å². The Hall–Kier alpha value is -2.49. The topological polar surface area (TPSA) is 84.7 Å². The number of morpholine rings is 1. The molecular formula is C24H32N4O4S. The lowest BCUT2D eigenvalue weighted by Gasteiger charge is -2.30. The Morgan fingerprint density at radius 1 is 1.21 bits per heavy atom. The fourth-order valence-electron chi connectivity index (χ4n) is 4.09. The first-order valence-electron chi connectivity index (χ1n) is 11.5. The number of ether oxygens (including phenoxy) is 1. The van der Waals surface area contributed by atoms with Crippen molar-refractivity contribution in [3.05, 3.63) is 60.4 Å². The van der Waals surface area contributed by atoms with E-state index in [4.69, 9.17) is 4.74 Å². The van der Waals surface area contributed by atoms with Gasteiger partial charge in [0, 0.05) is 38.6 Å². The zero-order chi connectivity index (χ0) is 23.3. The molecule has 9 heteroatoms. The van der Waals surface area contributed by atoms with E-state index in [1.807, 2.05) is 23.1 Å². The Kier molecular flexibility index (Phi) is 7.62. The number of carbonyl (C=O) groups is 1. The molecule has 0 spiro atoms. The van der Waals surface area contributed by atoms with Gasteiger partial charge in [-0.25, -0.2) is 13.4 Å². The number of imidazole rings is 1. The van der Waals surface area contributed by atoms with Crippen molar-refractivity contribution in [1.29, 1.82) is 0 Å². The minimum Gasteiger partial charge on any atom is -0.379 e. The highest BCUT2D eigenvalue weighted by molar-refractivity contribution is 7.90. The third-order valence-electron chi connectivity index (χ3n) is 6.07. The van der Waals surface area contributed by atoms with Gasteiger partial charge in [-0.05, 0) is 18.4 Å². The summed E-state index contributed by atoms with van der Waals surface area (Å²) in [4.78, 5) is 21.5. The first-order chi connectivity index (χ1) is 16.0. The van der Waals surface area contributed by atoms with E-state index in [9.17, 15) is 13.2 Å². The van der Waals surface area contributed by atoms with Crippen LogP contribution in [-0.4, -0.2) is 73.1 Å². The van der Waals surface area contributed by atoms with E-state index in [1.165, 1.54) is 0 Å². The number of amides is 1. The van der Waals surface area contributed by atoms with Crippen LogP contribution in [0.15, 0.2) is 54.3 Å². The normalized spacial score (nSPS) is 17.1. The van der Waals surface area contributed by atoms with Crippen molar-refractivity contribution in [2.75, 3.05) is 39.4 Å². The molecule has 33 heavy (non-hydrogen) atoms. The fraction of sp³-hybridized carbons (Fsp3) is 0.500. The molecule has 0 atom stereocenters. The molecule has 1 aliphatic carbocycles. The Labute approximate surface area is 195 Å². The summed E-state index contributed by atoms with van der Waals surface area (Å²) in [5.74, 6) is 0.110. The third-order valence-corrected chi connectivity index (χ3v) is 7.67. The van der Waals surface area contributed by atoms with Crippen LogP contribution in [0.25, 0.3) is 0 Å². The number of hydrogen-bond acceptors (Lipinski definition) is 6. The number of nitrogens with zero attached hydrogens (tertiary/aromatic N) is 4. The van der Waals surface area contributed by atoms with Crippen LogP contribution < -0.4 is 0 Å². The molecule has 1 aromatic carbocycles. The van der Waals surface area contributed by atoms with E-state index >= 15 is 0 Å². The smallest absolute Gasteiger partial charge is 0.228 e. The molecule has 0 unspecified atom stereocenters. The number of hydrogen-bond donors (Lipinski definition) is 0. The molecule has 1 aromatic heterocycles. The molecule has 2 aromatic rings. The van der Waals surface area contributed by atoms with E-state index in [-0.39, 0.29) is 22.7 Å². The minimum absolute atomic E-state index is 0.0215. The zero-order valence-corrected chi connectivity index (χ0v) is 19.8. The molecule has 0 bridgehead atoms. The first-order valence-corrected chi connectivity index (χ1v) is 13.1. The molecule has 0 radical (unpaired) electrons. The molecule has 1 aliphatic heterocycles. The quantitative estimate of drug-likeness (QED) is 0.466. The van der Waals surface area contributed by atoms with Crippen LogP contribution in [0.5, 0.6) is 0 Å². The molecule has 2 heterocycles. The van der Waals surface area contributed by atoms with Gasteiger partial charge >= 0.3 is 0 Å². The van der Waals surface area contributed by atoms with Crippen molar-refractivity contribution in [2.24, 2.45) is 5.92 Å². The number of sulfone groups is 1. The van der Waals surface area contributed by atoms with Crippen molar-refractivity contribution in [1.82, 2.24) is 19.4 Å². The van der Waals surface area contributed by atoms with Gasteiger partial charge < -0.3 is 14.2 Å². The molecule has 1 saturated heterocycles. The summed E-state index contributed by atoms with van der Waals surface area (Å²) in [7, 11) is -3.66. The van der Waals surface area contributed by atoms with Crippen molar-refractivity contribution < 1.29 is 17.9 Å². The van der Waals surface area contributed by atoms with Gasteiger partial charge in [0.05, 0.1) is 37.4 Å². The van der Waals surface area contributed by atoms with Gasteiger partial charge in [0.25, 0.3) is 0 Å². The summed E-state index contributed by atoms with van der Waals surface area (Å²) in [6.45, 7) is 8.96. The molecule has 1 amide bonds. The largest absolute Gasteiger partial charge is 0.379 e. The van der Waals surface area contributed by atoms with Crippen molar-refractivity contribution in [3.63, 3.8) is 0 Å². The van der Waals surface area contributed by atoms with E-state index in [2.05, 4.69) is 16.5 Å². The van der Waals surface area contributed by atoms with Crippen LogP contribution >= 0.6 is 0 Å². The summed E-state index contributed by atoms with van der Waals surface area (Å²) >= 11 is 0. The lowest BCUT2D eigenvalue weighted by molar-refractivity contribution is -0.133. The van der Waals surface area contributed by atoms with E-state index < -0.39 is 9.84 Å². The minimum atomic E-state index is -3.66. The first kappa shape index (κ1) is 23.7. The summed E-state index contributed by atoms with van der Waals surface area (Å²) in [6, 6.07) is 9.09. The Bertz CT molecular complexity index is 1060. The summed E-state index contributed by atoms with van der Waals surface area (Å²) in [5, 5.41) is 0.0215. The van der Waals surface area contributed by atoms with Crippen LogP contribution in [0.2, 0.25) is 0 Å². The lowest BCUT2D eigenvalue weighted by atomic mass is 10.2. The highest BCUT2D eigenvalue weighted by Gasteiger charge is 2.34. The van der Waals surface area contributed by atoms with E-state index in [0.717, 1.165) is 32.5 Å². The highest BCUT2D eigenvalue weighted by atomic mass is 32.2. The van der Waals surface area contributed by atoms with Gasteiger partial charge in [-0.3, -0.25) is 9.69 Å².